The second-order valence-electron chi connectivity index (χ2n) is 4.19. The number of ether oxygens (including phenoxy) is 1. The Morgan fingerprint density at radius 3 is 2.68 bits per heavy atom. The fourth-order valence-electron chi connectivity index (χ4n) is 1.63. The molecule has 2 N–H and O–H groups in total. The highest BCUT2D eigenvalue weighted by Crippen LogP contribution is 2.11. The van der Waals surface area contributed by atoms with Crippen molar-refractivity contribution in [1.82, 2.24) is 10.6 Å². The summed E-state index contributed by atoms with van der Waals surface area (Å²) in [4.78, 5) is 11.3. The summed E-state index contributed by atoms with van der Waals surface area (Å²) < 4.78 is 5.10. The van der Waals surface area contributed by atoms with Crippen molar-refractivity contribution >= 4 is 5.91 Å². The predicted molar refractivity (Wildman–Crippen MR) is 77.4 cm³/mol. The van der Waals surface area contributed by atoms with Gasteiger partial charge in [-0.2, -0.15) is 0 Å². The average molecular weight is 262 g/mol. The van der Waals surface area contributed by atoms with Crippen molar-refractivity contribution in [3.63, 3.8) is 0 Å². The summed E-state index contributed by atoms with van der Waals surface area (Å²) in [6.07, 6.45) is 3.11. The first-order chi connectivity index (χ1) is 9.26. The Kier molecular flexibility index (Phi) is 7.35. The molecule has 4 nitrogen and oxygen atoms in total. The summed E-state index contributed by atoms with van der Waals surface area (Å²) >= 11 is 0. The van der Waals surface area contributed by atoms with Gasteiger partial charge in [-0.05, 0) is 30.7 Å². The van der Waals surface area contributed by atoms with Gasteiger partial charge in [-0.1, -0.05) is 18.2 Å². The quantitative estimate of drug-likeness (QED) is 0.524. The van der Waals surface area contributed by atoms with Gasteiger partial charge in [-0.3, -0.25) is 4.79 Å². The van der Waals surface area contributed by atoms with Crippen molar-refractivity contribution in [2.45, 2.75) is 12.8 Å². The lowest BCUT2D eigenvalue weighted by atomic mass is 10.1. The molecule has 0 radical (unpaired) electrons. The van der Waals surface area contributed by atoms with Gasteiger partial charge in [0.2, 0.25) is 5.91 Å². The zero-order valence-electron chi connectivity index (χ0n) is 11.4. The van der Waals surface area contributed by atoms with Crippen LogP contribution in [0.15, 0.2) is 36.9 Å². The standard InChI is InChI=1S/C15H22N2O2/c1-3-10-17-15(18)9-12-16-11-8-13-4-6-14(19-2)7-5-13/h3-7,16H,1,8-12H2,2H3,(H,17,18). The van der Waals surface area contributed by atoms with Gasteiger partial charge in [0, 0.05) is 19.5 Å². The minimum Gasteiger partial charge on any atom is -0.497 e. The fourth-order valence-corrected chi connectivity index (χ4v) is 1.63. The molecule has 0 saturated carbocycles. The second-order valence-corrected chi connectivity index (χ2v) is 4.19. The summed E-state index contributed by atoms with van der Waals surface area (Å²) in [6.45, 7) is 5.64. The number of nitrogens with one attached hydrogen (secondary N) is 2. The highest BCUT2D eigenvalue weighted by Gasteiger charge is 1.99. The van der Waals surface area contributed by atoms with E-state index in [1.165, 1.54) is 5.56 Å². The van der Waals surface area contributed by atoms with Crippen molar-refractivity contribution in [2.24, 2.45) is 0 Å². The van der Waals surface area contributed by atoms with Crippen LogP contribution in [0.1, 0.15) is 12.0 Å². The average Bonchev–Trinajstić information content (AvgIpc) is 2.45. The lowest BCUT2D eigenvalue weighted by molar-refractivity contribution is -0.120. The number of amides is 1. The molecule has 0 spiro atoms. The SMILES string of the molecule is C=CCNC(=O)CCNCCc1ccc(OC)cc1. The van der Waals surface area contributed by atoms with Crippen LogP contribution in [0.2, 0.25) is 0 Å². The summed E-state index contributed by atoms with van der Waals surface area (Å²) in [6, 6.07) is 8.02. The normalized spacial score (nSPS) is 9.95. The Labute approximate surface area is 114 Å². The van der Waals surface area contributed by atoms with Gasteiger partial charge in [0.05, 0.1) is 7.11 Å². The van der Waals surface area contributed by atoms with E-state index in [-0.39, 0.29) is 5.91 Å². The molecule has 0 aliphatic carbocycles. The van der Waals surface area contributed by atoms with Crippen molar-refractivity contribution in [2.75, 3.05) is 26.7 Å². The summed E-state index contributed by atoms with van der Waals surface area (Å²) in [5.74, 6) is 0.924. The van der Waals surface area contributed by atoms with E-state index in [0.717, 1.165) is 18.7 Å². The molecule has 0 aliphatic rings. The largest absolute Gasteiger partial charge is 0.497 e. The van der Waals surface area contributed by atoms with E-state index in [2.05, 4.69) is 29.3 Å². The molecule has 4 heteroatoms. The zero-order valence-corrected chi connectivity index (χ0v) is 11.4. The summed E-state index contributed by atoms with van der Waals surface area (Å²) in [5.41, 5.74) is 1.25. The van der Waals surface area contributed by atoms with E-state index in [1.807, 2.05) is 12.1 Å². The van der Waals surface area contributed by atoms with Crippen LogP contribution in [0.25, 0.3) is 0 Å². The highest BCUT2D eigenvalue weighted by molar-refractivity contribution is 5.76. The topological polar surface area (TPSA) is 50.4 Å². The van der Waals surface area contributed by atoms with Gasteiger partial charge in [0.1, 0.15) is 5.75 Å². The molecule has 0 atom stereocenters. The van der Waals surface area contributed by atoms with Crippen LogP contribution < -0.4 is 15.4 Å². The molecule has 104 valence electrons. The number of carbonyl (C=O) groups excluding carboxylic acids is 1. The fraction of sp³-hybridized carbons (Fsp3) is 0.400. The maximum Gasteiger partial charge on any atom is 0.221 e. The third-order valence-corrected chi connectivity index (χ3v) is 2.72. The molecular weight excluding hydrogens is 240 g/mol. The highest BCUT2D eigenvalue weighted by atomic mass is 16.5. The smallest absolute Gasteiger partial charge is 0.221 e. The monoisotopic (exact) mass is 262 g/mol. The Hall–Kier alpha value is -1.81. The molecule has 1 aromatic rings. The van der Waals surface area contributed by atoms with Crippen LogP contribution in [-0.4, -0.2) is 32.7 Å². The number of hydrogen-bond donors (Lipinski definition) is 2. The van der Waals surface area contributed by atoms with Crippen molar-refractivity contribution in [1.29, 1.82) is 0 Å². The Morgan fingerprint density at radius 2 is 2.05 bits per heavy atom. The van der Waals surface area contributed by atoms with Gasteiger partial charge in [-0.15, -0.1) is 6.58 Å². The molecule has 0 aromatic heterocycles. The van der Waals surface area contributed by atoms with Crippen LogP contribution in [0, 0.1) is 0 Å². The molecule has 1 amide bonds. The Balaban J connectivity index is 2.09. The molecule has 0 unspecified atom stereocenters. The number of benzene rings is 1. The van der Waals surface area contributed by atoms with E-state index < -0.39 is 0 Å². The minimum absolute atomic E-state index is 0.0526. The van der Waals surface area contributed by atoms with Crippen molar-refractivity contribution < 1.29 is 9.53 Å². The maximum atomic E-state index is 11.3. The van der Waals surface area contributed by atoms with Gasteiger partial charge in [0.25, 0.3) is 0 Å². The molecule has 0 aliphatic heterocycles. The van der Waals surface area contributed by atoms with Gasteiger partial charge in [0.15, 0.2) is 0 Å². The van der Waals surface area contributed by atoms with Gasteiger partial charge < -0.3 is 15.4 Å². The third kappa shape index (κ3) is 6.62. The van der Waals surface area contributed by atoms with Crippen molar-refractivity contribution in [3.8, 4) is 5.75 Å². The first-order valence-electron chi connectivity index (χ1n) is 6.47. The predicted octanol–water partition coefficient (Wildman–Crippen LogP) is 1.52. The van der Waals surface area contributed by atoms with E-state index in [4.69, 9.17) is 4.74 Å². The van der Waals surface area contributed by atoms with Gasteiger partial charge >= 0.3 is 0 Å². The van der Waals surface area contributed by atoms with E-state index in [9.17, 15) is 4.79 Å². The van der Waals surface area contributed by atoms with E-state index in [0.29, 0.717) is 19.5 Å². The van der Waals surface area contributed by atoms with E-state index in [1.54, 1.807) is 13.2 Å². The van der Waals surface area contributed by atoms with Crippen LogP contribution in [0.5, 0.6) is 5.75 Å². The molecule has 1 rings (SSSR count). The summed E-state index contributed by atoms with van der Waals surface area (Å²) in [5, 5.41) is 5.99. The molecule has 0 saturated heterocycles. The van der Waals surface area contributed by atoms with Crippen molar-refractivity contribution in [3.05, 3.63) is 42.5 Å². The molecule has 0 fully saturated rings. The minimum atomic E-state index is 0.0526. The molecular formula is C15H22N2O2. The summed E-state index contributed by atoms with van der Waals surface area (Å²) in [7, 11) is 1.66. The van der Waals surface area contributed by atoms with Crippen LogP contribution >= 0.6 is 0 Å². The van der Waals surface area contributed by atoms with Crippen LogP contribution in [-0.2, 0) is 11.2 Å². The lowest BCUT2D eigenvalue weighted by Crippen LogP contribution is -2.28. The molecule has 19 heavy (non-hydrogen) atoms. The van der Waals surface area contributed by atoms with E-state index >= 15 is 0 Å². The molecule has 0 bridgehead atoms. The van der Waals surface area contributed by atoms with Gasteiger partial charge in [-0.25, -0.2) is 0 Å². The first-order valence-corrected chi connectivity index (χ1v) is 6.47. The van der Waals surface area contributed by atoms with Crippen LogP contribution in [0.4, 0.5) is 0 Å². The Morgan fingerprint density at radius 1 is 1.32 bits per heavy atom. The number of hydrogen-bond acceptors (Lipinski definition) is 3. The maximum absolute atomic E-state index is 11.3. The van der Waals surface area contributed by atoms with Crippen LogP contribution in [0.3, 0.4) is 0 Å². The second kappa shape index (κ2) is 9.16. The third-order valence-electron chi connectivity index (χ3n) is 2.72. The Bertz CT molecular complexity index is 388. The number of methoxy groups -OCH3 is 1. The molecule has 0 heterocycles. The first kappa shape index (κ1) is 15.2. The number of carbonyl (C=O) groups is 1. The zero-order chi connectivity index (χ0) is 13.9. The lowest BCUT2D eigenvalue weighted by Gasteiger charge is -2.06. The number of rotatable bonds is 9. The molecule has 1 aromatic carbocycles.